The zero-order valence-electron chi connectivity index (χ0n) is 12.0. The first-order valence-corrected chi connectivity index (χ1v) is 7.97. The number of carbonyl (C=O) groups is 2. The van der Waals surface area contributed by atoms with Gasteiger partial charge in [-0.2, -0.15) is 0 Å². The van der Waals surface area contributed by atoms with Crippen LogP contribution in [0.25, 0.3) is 10.1 Å². The summed E-state index contributed by atoms with van der Waals surface area (Å²) in [5.41, 5.74) is -0.0117. The van der Waals surface area contributed by atoms with E-state index in [0.717, 1.165) is 4.70 Å². The summed E-state index contributed by atoms with van der Waals surface area (Å²) in [6.45, 7) is 0. The van der Waals surface area contributed by atoms with E-state index in [1.54, 1.807) is 12.1 Å². The maximum atomic E-state index is 12.3. The average molecular weight is 334 g/mol. The minimum Gasteiger partial charge on any atom is -0.481 e. The van der Waals surface area contributed by atoms with Gasteiger partial charge in [0, 0.05) is 28.3 Å². The Balaban J connectivity index is 1.74. The van der Waals surface area contributed by atoms with E-state index in [4.69, 9.17) is 5.11 Å². The molecule has 0 spiro atoms. The number of hydrogen-bond donors (Lipinski definition) is 2. The number of aliphatic carboxylic acids is 1. The highest BCUT2D eigenvalue weighted by molar-refractivity contribution is 7.20. The summed E-state index contributed by atoms with van der Waals surface area (Å²) in [6, 6.07) is 5.98. The van der Waals surface area contributed by atoms with Crippen molar-refractivity contribution >= 4 is 39.0 Å². The molecule has 23 heavy (non-hydrogen) atoms. The molecule has 2 N–H and O–H groups in total. The Bertz CT molecular complexity index is 800. The summed E-state index contributed by atoms with van der Waals surface area (Å²) in [5.74, 6) is -1.48. The van der Waals surface area contributed by atoms with Gasteiger partial charge in [0.2, 0.25) is 0 Å². The molecule has 8 heteroatoms. The molecule has 1 heterocycles. The number of carbonyl (C=O) groups excluding carboxylic acids is 1. The molecule has 0 saturated heterocycles. The van der Waals surface area contributed by atoms with Crippen LogP contribution in [0, 0.1) is 16.0 Å². The predicted molar refractivity (Wildman–Crippen MR) is 84.7 cm³/mol. The van der Waals surface area contributed by atoms with Gasteiger partial charge >= 0.3 is 5.97 Å². The number of amides is 1. The minimum absolute atomic E-state index is 0.0117. The zero-order valence-corrected chi connectivity index (χ0v) is 12.8. The molecule has 0 bridgehead atoms. The van der Waals surface area contributed by atoms with E-state index in [9.17, 15) is 19.7 Å². The molecular formula is C15H14N2O5S. The molecule has 7 nitrogen and oxygen atoms in total. The van der Waals surface area contributed by atoms with E-state index in [1.807, 2.05) is 0 Å². The van der Waals surface area contributed by atoms with Gasteiger partial charge in [-0.1, -0.05) is 0 Å². The minimum atomic E-state index is -0.823. The summed E-state index contributed by atoms with van der Waals surface area (Å²) in [6.07, 6.45) is 1.66. The molecule has 0 radical (unpaired) electrons. The standard InChI is InChI=1S/C15H14N2O5S/c18-14(16-10-2-1-8(5-10)15(19)20)13-7-9-6-11(17(21)22)3-4-12(9)23-13/h3-4,6-8,10H,1-2,5H2,(H,16,18)(H,19,20)/t8-,10+/m0/s1. The third-order valence-electron chi connectivity index (χ3n) is 4.05. The Kier molecular flexibility index (Phi) is 3.99. The molecule has 2 atom stereocenters. The van der Waals surface area contributed by atoms with Crippen molar-refractivity contribution in [3.63, 3.8) is 0 Å². The van der Waals surface area contributed by atoms with Crippen LogP contribution in [0.2, 0.25) is 0 Å². The number of non-ortho nitro benzene ring substituents is 1. The molecule has 1 aliphatic carbocycles. The van der Waals surface area contributed by atoms with Gasteiger partial charge < -0.3 is 10.4 Å². The fraction of sp³-hybridized carbons (Fsp3) is 0.333. The van der Waals surface area contributed by atoms with Crippen LogP contribution in [-0.2, 0) is 4.79 Å². The maximum absolute atomic E-state index is 12.3. The highest BCUT2D eigenvalue weighted by Gasteiger charge is 2.30. The molecule has 1 aliphatic rings. The Morgan fingerprint density at radius 2 is 2.09 bits per heavy atom. The number of nitrogens with zero attached hydrogens (tertiary/aromatic N) is 1. The van der Waals surface area contributed by atoms with E-state index in [-0.39, 0.29) is 17.6 Å². The summed E-state index contributed by atoms with van der Waals surface area (Å²) in [5, 5.41) is 23.3. The van der Waals surface area contributed by atoms with E-state index < -0.39 is 16.8 Å². The first-order valence-electron chi connectivity index (χ1n) is 7.15. The molecule has 0 aliphatic heterocycles. The fourth-order valence-corrected chi connectivity index (χ4v) is 3.80. The van der Waals surface area contributed by atoms with Crippen molar-refractivity contribution in [2.24, 2.45) is 5.92 Å². The number of hydrogen-bond acceptors (Lipinski definition) is 5. The maximum Gasteiger partial charge on any atom is 0.306 e. The number of carboxylic acid groups (broad SMARTS) is 1. The van der Waals surface area contributed by atoms with Crippen molar-refractivity contribution in [2.45, 2.75) is 25.3 Å². The van der Waals surface area contributed by atoms with Crippen molar-refractivity contribution in [2.75, 3.05) is 0 Å². The second kappa shape index (κ2) is 5.96. The smallest absolute Gasteiger partial charge is 0.306 e. The van der Waals surface area contributed by atoms with Gasteiger partial charge in [-0.3, -0.25) is 19.7 Å². The van der Waals surface area contributed by atoms with Crippen LogP contribution in [0.1, 0.15) is 28.9 Å². The highest BCUT2D eigenvalue weighted by Crippen LogP contribution is 2.30. The number of rotatable bonds is 4. The van der Waals surface area contributed by atoms with Crippen molar-refractivity contribution in [1.29, 1.82) is 0 Å². The van der Waals surface area contributed by atoms with E-state index >= 15 is 0 Å². The van der Waals surface area contributed by atoms with Crippen molar-refractivity contribution < 1.29 is 19.6 Å². The Hall–Kier alpha value is -2.48. The Morgan fingerprint density at radius 3 is 2.74 bits per heavy atom. The molecule has 0 unspecified atom stereocenters. The normalized spacial score (nSPS) is 20.5. The van der Waals surface area contributed by atoms with E-state index in [0.29, 0.717) is 29.5 Å². The summed E-state index contributed by atoms with van der Waals surface area (Å²) < 4.78 is 0.801. The lowest BCUT2D eigenvalue weighted by Gasteiger charge is -2.11. The molecule has 1 amide bonds. The fourth-order valence-electron chi connectivity index (χ4n) is 2.85. The van der Waals surface area contributed by atoms with Crippen molar-refractivity contribution in [3.8, 4) is 0 Å². The molecule has 2 aromatic rings. The van der Waals surface area contributed by atoms with E-state index in [2.05, 4.69) is 5.32 Å². The average Bonchev–Trinajstić information content (AvgIpc) is 3.12. The number of nitrogens with one attached hydrogen (secondary N) is 1. The number of carboxylic acids is 1. The van der Waals surface area contributed by atoms with Gasteiger partial charge in [-0.25, -0.2) is 0 Å². The molecule has 1 saturated carbocycles. The summed E-state index contributed by atoms with van der Waals surface area (Å²) in [7, 11) is 0. The Morgan fingerprint density at radius 1 is 1.30 bits per heavy atom. The quantitative estimate of drug-likeness (QED) is 0.660. The lowest BCUT2D eigenvalue weighted by Crippen LogP contribution is -2.32. The van der Waals surface area contributed by atoms with Crippen LogP contribution in [0.3, 0.4) is 0 Å². The van der Waals surface area contributed by atoms with Gasteiger partial charge in [0.1, 0.15) is 0 Å². The first kappa shape index (κ1) is 15.4. The van der Waals surface area contributed by atoms with Crippen molar-refractivity contribution in [1.82, 2.24) is 5.32 Å². The number of fused-ring (bicyclic) bond motifs is 1. The number of nitro groups is 1. The third-order valence-corrected chi connectivity index (χ3v) is 5.17. The second-order valence-corrected chi connectivity index (χ2v) is 6.69. The van der Waals surface area contributed by atoms with Gasteiger partial charge in [0.15, 0.2) is 0 Å². The van der Waals surface area contributed by atoms with Crippen LogP contribution in [0.5, 0.6) is 0 Å². The third kappa shape index (κ3) is 3.16. The van der Waals surface area contributed by atoms with Gasteiger partial charge in [0.05, 0.1) is 15.7 Å². The largest absolute Gasteiger partial charge is 0.481 e. The van der Waals surface area contributed by atoms with Crippen LogP contribution < -0.4 is 5.32 Å². The van der Waals surface area contributed by atoms with Crippen LogP contribution in [0.15, 0.2) is 24.3 Å². The van der Waals surface area contributed by atoms with Gasteiger partial charge in [-0.15, -0.1) is 11.3 Å². The lowest BCUT2D eigenvalue weighted by molar-refractivity contribution is -0.384. The topological polar surface area (TPSA) is 110 Å². The molecule has 120 valence electrons. The summed E-state index contributed by atoms with van der Waals surface area (Å²) >= 11 is 1.27. The van der Waals surface area contributed by atoms with Crippen molar-refractivity contribution in [3.05, 3.63) is 39.3 Å². The van der Waals surface area contributed by atoms with Crippen LogP contribution in [0.4, 0.5) is 5.69 Å². The highest BCUT2D eigenvalue weighted by atomic mass is 32.1. The molecule has 1 aromatic heterocycles. The summed E-state index contributed by atoms with van der Waals surface area (Å²) in [4.78, 5) is 34.0. The molecule has 1 aromatic carbocycles. The zero-order chi connectivity index (χ0) is 16.6. The van der Waals surface area contributed by atoms with Gasteiger partial charge in [-0.05, 0) is 31.4 Å². The van der Waals surface area contributed by atoms with Gasteiger partial charge in [0.25, 0.3) is 11.6 Å². The number of nitro benzene ring substituents is 1. The predicted octanol–water partition coefficient (Wildman–Crippen LogP) is 2.79. The molecule has 1 fully saturated rings. The van der Waals surface area contributed by atoms with Crippen LogP contribution in [-0.4, -0.2) is 27.9 Å². The second-order valence-electron chi connectivity index (χ2n) is 5.61. The Labute approximate surface area is 135 Å². The first-order chi connectivity index (χ1) is 10.9. The number of benzene rings is 1. The molecule has 3 rings (SSSR count). The van der Waals surface area contributed by atoms with E-state index in [1.165, 1.54) is 23.5 Å². The van der Waals surface area contributed by atoms with Crippen LogP contribution >= 0.6 is 11.3 Å². The number of thiophene rings is 1. The monoisotopic (exact) mass is 334 g/mol. The SMILES string of the molecule is O=C(N[C@@H]1CC[C@H](C(=O)O)C1)c1cc2cc([N+](=O)[O-])ccc2s1. The lowest BCUT2D eigenvalue weighted by atomic mass is 10.1. The molecular weight excluding hydrogens is 320 g/mol.